The Morgan fingerprint density at radius 2 is 2.00 bits per heavy atom. The van der Waals surface area contributed by atoms with Gasteiger partial charge in [0.05, 0.1) is 31.5 Å². The molecule has 1 fully saturated rings. The number of hydrogen-bond donors (Lipinski definition) is 0. The van der Waals surface area contributed by atoms with Gasteiger partial charge in [0, 0.05) is 12.2 Å². The van der Waals surface area contributed by atoms with Crippen molar-refractivity contribution in [2.24, 2.45) is 0 Å². The van der Waals surface area contributed by atoms with Gasteiger partial charge in [-0.15, -0.1) is 0 Å². The number of morpholine rings is 1. The minimum Gasteiger partial charge on any atom is -0.496 e. The number of hydrogen-bond acceptors (Lipinski definition) is 6. The predicted octanol–water partition coefficient (Wildman–Crippen LogP) is 2.81. The molecular weight excluding hydrogens is 382 g/mol. The Hall–Kier alpha value is -3.52. The largest absolute Gasteiger partial charge is 0.496 e. The zero-order valence-corrected chi connectivity index (χ0v) is 16.8. The number of carbonyl (C=O) groups is 1. The highest BCUT2D eigenvalue weighted by atomic mass is 16.5. The monoisotopic (exact) mass is 403 g/mol. The highest BCUT2D eigenvalue weighted by Crippen LogP contribution is 2.29. The van der Waals surface area contributed by atoms with Crippen molar-refractivity contribution < 1.29 is 14.3 Å². The van der Waals surface area contributed by atoms with Gasteiger partial charge in [-0.3, -0.25) is 4.79 Å². The van der Waals surface area contributed by atoms with Crippen LogP contribution in [-0.2, 0) is 4.74 Å². The number of fused-ring (bicyclic) bond motifs is 2. The number of methoxy groups -OCH3 is 1. The molecule has 0 spiro atoms. The van der Waals surface area contributed by atoms with Crippen LogP contribution in [-0.4, -0.2) is 57.2 Å². The van der Waals surface area contributed by atoms with Crippen LogP contribution in [0.4, 0.5) is 0 Å². The van der Waals surface area contributed by atoms with Crippen molar-refractivity contribution in [3.8, 4) is 5.75 Å². The number of carbonyl (C=O) groups excluding carboxylic acids is 1. The molecule has 8 nitrogen and oxygen atoms in total. The van der Waals surface area contributed by atoms with Crippen LogP contribution in [0.15, 0.2) is 48.8 Å². The van der Waals surface area contributed by atoms with Gasteiger partial charge in [0.2, 0.25) is 0 Å². The van der Waals surface area contributed by atoms with Gasteiger partial charge in [-0.25, -0.2) is 4.98 Å². The van der Waals surface area contributed by atoms with Gasteiger partial charge in [-0.1, -0.05) is 24.3 Å². The lowest BCUT2D eigenvalue weighted by molar-refractivity contribution is -0.0257. The quantitative estimate of drug-likeness (QED) is 0.523. The van der Waals surface area contributed by atoms with Gasteiger partial charge < -0.3 is 14.4 Å². The summed E-state index contributed by atoms with van der Waals surface area (Å²) in [6.07, 6.45) is 1.15. The lowest BCUT2D eigenvalue weighted by atomic mass is 10.0. The maximum atomic E-state index is 13.4. The normalized spacial score (nSPS) is 16.9. The van der Waals surface area contributed by atoms with Crippen LogP contribution in [0.2, 0.25) is 0 Å². The number of nitrogens with zero attached hydrogens (tertiary/aromatic N) is 5. The number of amides is 1. The van der Waals surface area contributed by atoms with Crippen LogP contribution < -0.4 is 4.74 Å². The minimum absolute atomic E-state index is 0.0773. The molecule has 1 saturated heterocycles. The molecule has 0 N–H and O–H groups in total. The first kappa shape index (κ1) is 18.5. The molecule has 1 unspecified atom stereocenters. The molecule has 0 aliphatic carbocycles. The molecule has 2 aromatic carbocycles. The molecule has 0 saturated carbocycles. The Morgan fingerprint density at radius 1 is 1.20 bits per heavy atom. The summed E-state index contributed by atoms with van der Waals surface area (Å²) in [4.78, 5) is 23.8. The third-order valence-electron chi connectivity index (χ3n) is 5.39. The fourth-order valence-corrected chi connectivity index (χ4v) is 3.93. The van der Waals surface area contributed by atoms with Crippen molar-refractivity contribution in [3.05, 3.63) is 65.7 Å². The van der Waals surface area contributed by atoms with Crippen LogP contribution in [0.25, 0.3) is 16.6 Å². The molecule has 4 aromatic rings. The van der Waals surface area contributed by atoms with Crippen LogP contribution in [0.1, 0.15) is 27.8 Å². The second kappa shape index (κ2) is 7.38. The summed E-state index contributed by atoms with van der Waals surface area (Å²) < 4.78 is 13.2. The van der Waals surface area contributed by atoms with E-state index in [-0.39, 0.29) is 12.0 Å². The molecule has 3 heterocycles. The highest BCUT2D eigenvalue weighted by Gasteiger charge is 2.30. The summed E-state index contributed by atoms with van der Waals surface area (Å²) in [6, 6.07) is 13.7. The molecule has 30 heavy (non-hydrogen) atoms. The number of aromatic nitrogens is 4. The topological polar surface area (TPSA) is 81.8 Å². The van der Waals surface area contributed by atoms with E-state index in [1.165, 1.54) is 6.33 Å². The van der Waals surface area contributed by atoms with E-state index < -0.39 is 0 Å². The van der Waals surface area contributed by atoms with E-state index in [9.17, 15) is 4.79 Å². The van der Waals surface area contributed by atoms with Crippen LogP contribution in [0, 0.1) is 6.92 Å². The Kier molecular flexibility index (Phi) is 4.55. The number of benzene rings is 2. The molecule has 5 rings (SSSR count). The molecule has 0 radical (unpaired) electrons. The number of rotatable bonds is 3. The van der Waals surface area contributed by atoms with E-state index >= 15 is 0 Å². The molecule has 1 amide bonds. The number of ether oxygens (including phenoxy) is 2. The molecule has 0 bridgehead atoms. The fourth-order valence-electron chi connectivity index (χ4n) is 3.93. The molecule has 152 valence electrons. The maximum absolute atomic E-state index is 13.4. The van der Waals surface area contributed by atoms with Gasteiger partial charge in [-0.2, -0.15) is 14.6 Å². The summed E-state index contributed by atoms with van der Waals surface area (Å²) >= 11 is 0. The smallest absolute Gasteiger partial charge is 0.257 e. The first-order valence-electron chi connectivity index (χ1n) is 9.79. The second-order valence-corrected chi connectivity index (χ2v) is 7.30. The molecule has 2 aromatic heterocycles. The zero-order chi connectivity index (χ0) is 20.7. The van der Waals surface area contributed by atoms with Crippen LogP contribution in [0.5, 0.6) is 5.75 Å². The van der Waals surface area contributed by atoms with E-state index in [0.29, 0.717) is 36.8 Å². The predicted molar refractivity (Wildman–Crippen MR) is 111 cm³/mol. The van der Waals surface area contributed by atoms with Crippen molar-refractivity contribution in [1.82, 2.24) is 24.5 Å². The van der Waals surface area contributed by atoms with E-state index in [1.54, 1.807) is 16.5 Å². The van der Waals surface area contributed by atoms with E-state index in [2.05, 4.69) is 15.1 Å². The van der Waals surface area contributed by atoms with E-state index in [1.807, 2.05) is 49.4 Å². The van der Waals surface area contributed by atoms with Gasteiger partial charge in [0.25, 0.3) is 11.7 Å². The SMILES string of the molecule is COc1cc2ccccc2cc1C(=O)N1CCOC(c2cc(C)nc3ncnn23)C1. The van der Waals surface area contributed by atoms with Crippen LogP contribution in [0.3, 0.4) is 0 Å². The number of aryl methyl sites for hydroxylation is 1. The lowest BCUT2D eigenvalue weighted by Gasteiger charge is -2.33. The molecule has 8 heteroatoms. The van der Waals surface area contributed by atoms with Crippen molar-refractivity contribution in [3.63, 3.8) is 0 Å². The van der Waals surface area contributed by atoms with Crippen LogP contribution >= 0.6 is 0 Å². The first-order valence-corrected chi connectivity index (χ1v) is 9.79. The highest BCUT2D eigenvalue weighted by molar-refractivity contribution is 6.01. The van der Waals surface area contributed by atoms with E-state index in [4.69, 9.17) is 9.47 Å². The Labute approximate surface area is 173 Å². The molecule has 1 aliphatic heterocycles. The minimum atomic E-state index is -0.319. The zero-order valence-electron chi connectivity index (χ0n) is 16.8. The summed E-state index contributed by atoms with van der Waals surface area (Å²) in [7, 11) is 1.59. The molecule has 1 aliphatic rings. The molecule has 1 atom stereocenters. The standard InChI is InChI=1S/C22H21N5O3/c1-14-9-18(27-22(25-14)23-13-24-27)20-12-26(7-8-30-20)21(28)17-10-15-5-3-4-6-16(15)11-19(17)29-2/h3-6,9-11,13,20H,7-8,12H2,1-2H3. The summed E-state index contributed by atoms with van der Waals surface area (Å²) in [5.41, 5.74) is 2.21. The Balaban J connectivity index is 1.48. The summed E-state index contributed by atoms with van der Waals surface area (Å²) in [5.74, 6) is 1.01. The third-order valence-corrected chi connectivity index (χ3v) is 5.39. The van der Waals surface area contributed by atoms with Crippen molar-refractivity contribution >= 4 is 22.5 Å². The Morgan fingerprint density at radius 3 is 2.80 bits per heavy atom. The average Bonchev–Trinajstić information content (AvgIpc) is 3.25. The van der Waals surface area contributed by atoms with Gasteiger partial charge >= 0.3 is 0 Å². The van der Waals surface area contributed by atoms with Crippen molar-refractivity contribution in [1.29, 1.82) is 0 Å². The van der Waals surface area contributed by atoms with Gasteiger partial charge in [0.1, 0.15) is 18.2 Å². The molecular formula is C22H21N5O3. The van der Waals surface area contributed by atoms with Gasteiger partial charge in [0.15, 0.2) is 0 Å². The third kappa shape index (κ3) is 3.15. The fraction of sp³-hybridized carbons (Fsp3) is 0.273. The van der Waals surface area contributed by atoms with Gasteiger partial charge in [-0.05, 0) is 35.9 Å². The Bertz CT molecular complexity index is 1250. The second-order valence-electron chi connectivity index (χ2n) is 7.30. The lowest BCUT2D eigenvalue weighted by Crippen LogP contribution is -2.42. The maximum Gasteiger partial charge on any atom is 0.257 e. The average molecular weight is 403 g/mol. The van der Waals surface area contributed by atoms with Crippen molar-refractivity contribution in [2.45, 2.75) is 13.0 Å². The van der Waals surface area contributed by atoms with E-state index in [0.717, 1.165) is 22.2 Å². The van der Waals surface area contributed by atoms with Crippen molar-refractivity contribution in [2.75, 3.05) is 26.8 Å². The summed E-state index contributed by atoms with van der Waals surface area (Å²) in [5, 5.41) is 6.30. The summed E-state index contributed by atoms with van der Waals surface area (Å²) in [6.45, 7) is 3.26. The first-order chi connectivity index (χ1) is 14.6.